The van der Waals surface area contributed by atoms with Gasteiger partial charge < -0.3 is 21.0 Å². The molecule has 1 heterocycles. The fourth-order valence-electron chi connectivity index (χ4n) is 2.25. The van der Waals surface area contributed by atoms with E-state index in [0.29, 0.717) is 28.0 Å². The summed E-state index contributed by atoms with van der Waals surface area (Å²) in [7, 11) is 0. The third-order valence-electron chi connectivity index (χ3n) is 3.27. The van der Waals surface area contributed by atoms with Gasteiger partial charge in [-0.15, -0.1) is 0 Å². The number of aryl methyl sites for hydroxylation is 1. The van der Waals surface area contributed by atoms with Crippen LogP contribution in [0.3, 0.4) is 0 Å². The van der Waals surface area contributed by atoms with Crippen LogP contribution >= 0.6 is 0 Å². The first-order valence-electron chi connectivity index (χ1n) is 6.42. The fraction of sp³-hybridized carbons (Fsp3) is 0.0667. The standard InChI is InChI=1S/C15H14N4O2/c1-8-6-9(16)2-4-11(8)14(20)17-10-3-5-12-13(7-10)19-15(21)18-12/h2-7H,16H2,1H3,(H,17,20)(H2,18,19,21). The molecule has 0 unspecified atom stereocenters. The highest BCUT2D eigenvalue weighted by molar-refractivity contribution is 6.06. The van der Waals surface area contributed by atoms with Crippen molar-refractivity contribution in [3.8, 4) is 0 Å². The molecule has 0 fully saturated rings. The molecular weight excluding hydrogens is 268 g/mol. The number of hydrogen-bond acceptors (Lipinski definition) is 3. The molecule has 0 radical (unpaired) electrons. The molecule has 5 N–H and O–H groups in total. The molecule has 0 aliphatic carbocycles. The van der Waals surface area contributed by atoms with E-state index in [0.717, 1.165) is 5.56 Å². The molecule has 21 heavy (non-hydrogen) atoms. The lowest BCUT2D eigenvalue weighted by molar-refractivity contribution is 0.102. The molecular formula is C15H14N4O2. The molecule has 0 bridgehead atoms. The maximum Gasteiger partial charge on any atom is 0.323 e. The molecule has 0 spiro atoms. The van der Waals surface area contributed by atoms with Gasteiger partial charge in [0.25, 0.3) is 5.91 Å². The van der Waals surface area contributed by atoms with Crippen molar-refractivity contribution in [1.82, 2.24) is 9.97 Å². The van der Waals surface area contributed by atoms with Gasteiger partial charge >= 0.3 is 5.69 Å². The number of aromatic amines is 2. The highest BCUT2D eigenvalue weighted by Gasteiger charge is 2.10. The van der Waals surface area contributed by atoms with Gasteiger partial charge in [-0.25, -0.2) is 4.79 Å². The topological polar surface area (TPSA) is 104 Å². The highest BCUT2D eigenvalue weighted by atomic mass is 16.2. The number of H-pyrrole nitrogens is 2. The Kier molecular flexibility index (Phi) is 2.98. The molecule has 0 saturated carbocycles. The van der Waals surface area contributed by atoms with Crippen LogP contribution in [0.4, 0.5) is 11.4 Å². The Morgan fingerprint density at radius 1 is 1.10 bits per heavy atom. The van der Waals surface area contributed by atoms with E-state index in [1.807, 2.05) is 6.92 Å². The second-order valence-corrected chi connectivity index (χ2v) is 4.87. The minimum atomic E-state index is -0.275. The van der Waals surface area contributed by atoms with Crippen LogP contribution in [0.15, 0.2) is 41.2 Å². The minimum Gasteiger partial charge on any atom is -0.399 e. The third kappa shape index (κ3) is 2.51. The summed E-state index contributed by atoms with van der Waals surface area (Å²) in [5, 5.41) is 2.80. The van der Waals surface area contributed by atoms with Crippen molar-refractivity contribution in [2.75, 3.05) is 11.1 Å². The Balaban J connectivity index is 1.90. The van der Waals surface area contributed by atoms with Crippen LogP contribution in [0.1, 0.15) is 15.9 Å². The number of carbonyl (C=O) groups is 1. The van der Waals surface area contributed by atoms with Gasteiger partial charge in [0.2, 0.25) is 0 Å². The van der Waals surface area contributed by atoms with Gasteiger partial charge in [-0.1, -0.05) is 0 Å². The van der Waals surface area contributed by atoms with E-state index in [2.05, 4.69) is 15.3 Å². The molecule has 3 aromatic rings. The molecule has 3 rings (SSSR count). The smallest absolute Gasteiger partial charge is 0.323 e. The van der Waals surface area contributed by atoms with Gasteiger partial charge in [0.1, 0.15) is 0 Å². The summed E-state index contributed by atoms with van der Waals surface area (Å²) in [5.74, 6) is -0.218. The first-order valence-corrected chi connectivity index (χ1v) is 6.42. The quantitative estimate of drug-likeness (QED) is 0.540. The molecule has 1 aromatic heterocycles. The Bertz CT molecular complexity index is 892. The molecule has 6 nitrogen and oxygen atoms in total. The van der Waals surface area contributed by atoms with Crippen LogP contribution in [0.2, 0.25) is 0 Å². The minimum absolute atomic E-state index is 0.218. The predicted molar refractivity (Wildman–Crippen MR) is 82.5 cm³/mol. The van der Waals surface area contributed by atoms with Gasteiger partial charge in [-0.2, -0.15) is 0 Å². The number of nitrogen functional groups attached to an aromatic ring is 1. The van der Waals surface area contributed by atoms with E-state index in [9.17, 15) is 9.59 Å². The number of rotatable bonds is 2. The van der Waals surface area contributed by atoms with Crippen molar-refractivity contribution >= 4 is 28.3 Å². The monoisotopic (exact) mass is 282 g/mol. The van der Waals surface area contributed by atoms with Crippen molar-refractivity contribution in [3.05, 3.63) is 58.0 Å². The summed E-state index contributed by atoms with van der Waals surface area (Å²) in [4.78, 5) is 28.8. The molecule has 6 heteroatoms. The third-order valence-corrected chi connectivity index (χ3v) is 3.27. The molecule has 0 aliphatic rings. The molecule has 0 aliphatic heterocycles. The zero-order chi connectivity index (χ0) is 15.0. The number of hydrogen-bond donors (Lipinski definition) is 4. The second kappa shape index (κ2) is 4.82. The van der Waals surface area contributed by atoms with Gasteiger partial charge in [0.15, 0.2) is 0 Å². The Morgan fingerprint density at radius 2 is 1.86 bits per heavy atom. The lowest BCUT2D eigenvalue weighted by atomic mass is 10.1. The number of fused-ring (bicyclic) bond motifs is 1. The normalized spacial score (nSPS) is 10.7. The number of anilines is 2. The van der Waals surface area contributed by atoms with E-state index < -0.39 is 0 Å². The number of nitrogens with two attached hydrogens (primary N) is 1. The van der Waals surface area contributed by atoms with Crippen LogP contribution in [0.25, 0.3) is 11.0 Å². The number of imidazole rings is 1. The van der Waals surface area contributed by atoms with E-state index in [1.165, 1.54) is 0 Å². The lowest BCUT2D eigenvalue weighted by Crippen LogP contribution is -2.13. The summed E-state index contributed by atoms with van der Waals surface area (Å²) < 4.78 is 0. The average Bonchev–Trinajstić information content (AvgIpc) is 2.77. The largest absolute Gasteiger partial charge is 0.399 e. The zero-order valence-electron chi connectivity index (χ0n) is 11.4. The van der Waals surface area contributed by atoms with Gasteiger partial charge in [-0.3, -0.25) is 4.79 Å². The molecule has 0 atom stereocenters. The van der Waals surface area contributed by atoms with Gasteiger partial charge in [-0.05, 0) is 48.9 Å². The second-order valence-electron chi connectivity index (χ2n) is 4.87. The Hall–Kier alpha value is -3.02. The first-order chi connectivity index (χ1) is 10.0. The predicted octanol–water partition coefficient (Wildman–Crippen LogP) is 2.00. The summed E-state index contributed by atoms with van der Waals surface area (Å²) in [6.07, 6.45) is 0. The van der Waals surface area contributed by atoms with Crippen LogP contribution in [-0.2, 0) is 0 Å². The summed E-state index contributed by atoms with van der Waals surface area (Å²) in [6, 6.07) is 10.3. The van der Waals surface area contributed by atoms with E-state index in [1.54, 1.807) is 36.4 Å². The van der Waals surface area contributed by atoms with E-state index >= 15 is 0 Å². The SMILES string of the molecule is Cc1cc(N)ccc1C(=O)Nc1ccc2[nH]c(=O)[nH]c2c1. The average molecular weight is 282 g/mol. The number of carbonyl (C=O) groups excluding carboxylic acids is 1. The maximum absolute atomic E-state index is 12.3. The van der Waals surface area contributed by atoms with Gasteiger partial charge in [0, 0.05) is 16.9 Å². The van der Waals surface area contributed by atoms with Crippen molar-refractivity contribution in [3.63, 3.8) is 0 Å². The van der Waals surface area contributed by atoms with Crippen molar-refractivity contribution < 1.29 is 4.79 Å². The molecule has 0 saturated heterocycles. The van der Waals surface area contributed by atoms with Crippen LogP contribution in [0, 0.1) is 6.92 Å². The Labute approximate surface area is 120 Å². The molecule has 106 valence electrons. The Morgan fingerprint density at radius 3 is 2.62 bits per heavy atom. The van der Waals surface area contributed by atoms with Crippen LogP contribution in [-0.4, -0.2) is 15.9 Å². The van der Waals surface area contributed by atoms with Crippen molar-refractivity contribution in [2.45, 2.75) is 6.92 Å². The summed E-state index contributed by atoms with van der Waals surface area (Å²) in [5.41, 5.74) is 9.34. The number of amides is 1. The summed E-state index contributed by atoms with van der Waals surface area (Å²) in [6.45, 7) is 1.83. The van der Waals surface area contributed by atoms with Crippen molar-refractivity contribution in [2.24, 2.45) is 0 Å². The van der Waals surface area contributed by atoms with Crippen LogP contribution in [0.5, 0.6) is 0 Å². The first kappa shape index (κ1) is 13.0. The maximum atomic E-state index is 12.3. The van der Waals surface area contributed by atoms with Crippen LogP contribution < -0.4 is 16.7 Å². The van der Waals surface area contributed by atoms with Crippen molar-refractivity contribution in [1.29, 1.82) is 0 Å². The number of benzene rings is 2. The number of nitrogens with one attached hydrogen (secondary N) is 3. The van der Waals surface area contributed by atoms with Gasteiger partial charge in [0.05, 0.1) is 11.0 Å². The number of aromatic nitrogens is 2. The highest BCUT2D eigenvalue weighted by Crippen LogP contribution is 2.17. The lowest BCUT2D eigenvalue weighted by Gasteiger charge is -2.08. The molecule has 1 amide bonds. The zero-order valence-corrected chi connectivity index (χ0v) is 11.4. The molecule has 2 aromatic carbocycles. The fourth-order valence-corrected chi connectivity index (χ4v) is 2.25. The summed E-state index contributed by atoms with van der Waals surface area (Å²) >= 11 is 0. The van der Waals surface area contributed by atoms with E-state index in [-0.39, 0.29) is 11.6 Å². The van der Waals surface area contributed by atoms with E-state index in [4.69, 9.17) is 5.73 Å².